The minimum Gasteiger partial charge on any atom is -0.494 e. The van der Waals surface area contributed by atoms with Crippen molar-refractivity contribution in [3.05, 3.63) is 58.8 Å². The Morgan fingerprint density at radius 2 is 1.92 bits per heavy atom. The van der Waals surface area contributed by atoms with Gasteiger partial charge in [-0.2, -0.15) is 0 Å². The number of anilines is 1. The monoisotopic (exact) mass is 535 g/mol. The van der Waals surface area contributed by atoms with E-state index >= 15 is 0 Å². The molecule has 3 aliphatic heterocycles. The van der Waals surface area contributed by atoms with Crippen molar-refractivity contribution in [2.45, 2.75) is 69.4 Å². The van der Waals surface area contributed by atoms with Crippen molar-refractivity contribution in [2.24, 2.45) is 11.8 Å². The van der Waals surface area contributed by atoms with Gasteiger partial charge in [-0.05, 0) is 55.5 Å². The molecule has 8 nitrogen and oxygen atoms in total. The zero-order chi connectivity index (χ0) is 26.3. The molecule has 1 aromatic carbocycles. The van der Waals surface area contributed by atoms with Crippen LogP contribution in [0.5, 0.6) is 5.75 Å². The number of hydrogen-bond acceptors (Lipinski definition) is 6. The van der Waals surface area contributed by atoms with Crippen molar-refractivity contribution >= 4 is 34.7 Å². The number of nitrogens with zero attached hydrogens (tertiary/aromatic N) is 1. The Bertz CT molecular complexity index is 1220. The molecule has 0 unspecified atom stereocenters. The van der Waals surface area contributed by atoms with Crippen LogP contribution in [-0.2, 0) is 25.7 Å². The number of likely N-dealkylation sites (tertiary alicyclic amines) is 1. The molecular formula is C29H33N3O5S. The van der Waals surface area contributed by atoms with Gasteiger partial charge in [-0.15, -0.1) is 11.3 Å². The summed E-state index contributed by atoms with van der Waals surface area (Å²) in [6, 6.07) is 10.3. The number of carbonyl (C=O) groups is 3. The van der Waals surface area contributed by atoms with Crippen LogP contribution in [0.25, 0.3) is 0 Å². The lowest BCUT2D eigenvalue weighted by molar-refractivity contribution is -0.142. The number of ether oxygens (including phenoxy) is 2. The first-order valence-electron chi connectivity index (χ1n) is 13.5. The van der Waals surface area contributed by atoms with Crippen LogP contribution in [-0.4, -0.2) is 53.0 Å². The second kappa shape index (κ2) is 10.2. The molecule has 200 valence electrons. The van der Waals surface area contributed by atoms with Crippen LogP contribution in [0.15, 0.2) is 53.9 Å². The maximum Gasteiger partial charge on any atom is 0.246 e. The highest BCUT2D eigenvalue weighted by Gasteiger charge is 2.72. The molecule has 1 aliphatic carbocycles. The average molecular weight is 536 g/mol. The maximum absolute atomic E-state index is 14.0. The van der Waals surface area contributed by atoms with E-state index in [0.29, 0.717) is 18.8 Å². The molecule has 38 heavy (non-hydrogen) atoms. The lowest BCUT2D eigenvalue weighted by Gasteiger charge is -2.34. The van der Waals surface area contributed by atoms with Crippen LogP contribution >= 0.6 is 11.3 Å². The molecule has 0 radical (unpaired) electrons. The number of rotatable bonds is 8. The zero-order valence-electron chi connectivity index (χ0n) is 21.4. The standard InChI is InChI=1S/C29H33N3O5S/c1-2-36-20-12-10-19(11-13-20)30-26(33)23-22-14-15-29(37-22)24(23)28(35)32(17-21-9-6-16-38-21)25(29)27(34)31-18-7-4-3-5-8-18/h6,9-16,18,22-25H,2-5,7-8,17H2,1H3,(H,30,33)(H,31,34)/t22-,23+,24-,25-,29-/m0/s1. The normalized spacial score (nSPS) is 29.9. The molecule has 3 fully saturated rings. The Balaban J connectivity index is 1.28. The number of hydrogen-bond donors (Lipinski definition) is 2. The summed E-state index contributed by atoms with van der Waals surface area (Å²) in [7, 11) is 0. The van der Waals surface area contributed by atoms with E-state index in [1.54, 1.807) is 40.5 Å². The Morgan fingerprint density at radius 1 is 1.13 bits per heavy atom. The highest BCUT2D eigenvalue weighted by molar-refractivity contribution is 7.09. The fourth-order valence-corrected chi connectivity index (χ4v) is 7.26. The summed E-state index contributed by atoms with van der Waals surface area (Å²) in [5.41, 5.74) is -0.537. The van der Waals surface area contributed by atoms with E-state index in [1.165, 1.54) is 6.42 Å². The number of amides is 3. The van der Waals surface area contributed by atoms with Crippen LogP contribution in [0, 0.1) is 11.8 Å². The highest BCUT2D eigenvalue weighted by atomic mass is 32.1. The van der Waals surface area contributed by atoms with Crippen molar-refractivity contribution in [3.63, 3.8) is 0 Å². The molecule has 1 saturated carbocycles. The minimum absolute atomic E-state index is 0.103. The molecule has 2 aromatic rings. The molecule has 1 aromatic heterocycles. The average Bonchev–Trinajstić information content (AvgIpc) is 3.69. The lowest BCUT2D eigenvalue weighted by Crippen LogP contribution is -2.56. The predicted octanol–water partition coefficient (Wildman–Crippen LogP) is 3.89. The van der Waals surface area contributed by atoms with Gasteiger partial charge in [-0.25, -0.2) is 0 Å². The van der Waals surface area contributed by atoms with E-state index in [-0.39, 0.29) is 23.8 Å². The molecule has 4 heterocycles. The van der Waals surface area contributed by atoms with E-state index in [2.05, 4.69) is 10.6 Å². The number of nitrogens with one attached hydrogen (secondary N) is 2. The fraction of sp³-hybridized carbons (Fsp3) is 0.483. The van der Waals surface area contributed by atoms with Crippen molar-refractivity contribution in [2.75, 3.05) is 11.9 Å². The van der Waals surface area contributed by atoms with Gasteiger partial charge in [0.2, 0.25) is 17.7 Å². The molecule has 9 heteroatoms. The summed E-state index contributed by atoms with van der Waals surface area (Å²) in [5.74, 6) is -1.45. The molecular weight excluding hydrogens is 502 g/mol. The van der Waals surface area contributed by atoms with Gasteiger partial charge in [-0.3, -0.25) is 14.4 Å². The van der Waals surface area contributed by atoms with Crippen molar-refractivity contribution in [1.82, 2.24) is 10.2 Å². The summed E-state index contributed by atoms with van der Waals surface area (Å²) in [4.78, 5) is 44.1. The van der Waals surface area contributed by atoms with Gasteiger partial charge < -0.3 is 25.0 Å². The Hall–Kier alpha value is -3.17. The first-order valence-corrected chi connectivity index (χ1v) is 14.4. The van der Waals surface area contributed by atoms with Crippen LogP contribution in [0.1, 0.15) is 43.9 Å². The quantitative estimate of drug-likeness (QED) is 0.500. The number of carbonyl (C=O) groups excluding carboxylic acids is 3. The van der Waals surface area contributed by atoms with Crippen LogP contribution in [0.4, 0.5) is 5.69 Å². The molecule has 5 atom stereocenters. The molecule has 2 bridgehead atoms. The first kappa shape index (κ1) is 25.1. The maximum atomic E-state index is 14.0. The van der Waals surface area contributed by atoms with Crippen molar-refractivity contribution < 1.29 is 23.9 Å². The van der Waals surface area contributed by atoms with Gasteiger partial charge in [0, 0.05) is 16.6 Å². The molecule has 2 N–H and O–H groups in total. The van der Waals surface area contributed by atoms with Crippen LogP contribution in [0.2, 0.25) is 0 Å². The Kier molecular flexibility index (Phi) is 6.74. The molecule has 1 spiro atoms. The Morgan fingerprint density at radius 3 is 2.63 bits per heavy atom. The van der Waals surface area contributed by atoms with E-state index in [9.17, 15) is 14.4 Å². The summed E-state index contributed by atoms with van der Waals surface area (Å²) < 4.78 is 11.9. The van der Waals surface area contributed by atoms with E-state index in [4.69, 9.17) is 9.47 Å². The zero-order valence-corrected chi connectivity index (χ0v) is 22.2. The van der Waals surface area contributed by atoms with Crippen molar-refractivity contribution in [1.29, 1.82) is 0 Å². The lowest BCUT2D eigenvalue weighted by atomic mass is 9.74. The number of thiophene rings is 1. The second-order valence-electron chi connectivity index (χ2n) is 10.5. The third kappa shape index (κ3) is 4.31. The van der Waals surface area contributed by atoms with Gasteiger partial charge in [0.25, 0.3) is 0 Å². The first-order chi connectivity index (χ1) is 18.5. The summed E-state index contributed by atoms with van der Waals surface area (Å²) in [6.45, 7) is 2.78. The predicted molar refractivity (Wildman–Crippen MR) is 144 cm³/mol. The van der Waals surface area contributed by atoms with E-state index in [1.807, 2.05) is 36.6 Å². The summed E-state index contributed by atoms with van der Waals surface area (Å²) in [5, 5.41) is 8.14. The van der Waals surface area contributed by atoms with E-state index in [0.717, 1.165) is 36.3 Å². The van der Waals surface area contributed by atoms with Crippen LogP contribution in [0.3, 0.4) is 0 Å². The van der Waals surface area contributed by atoms with E-state index < -0.39 is 29.6 Å². The molecule has 2 saturated heterocycles. The number of benzene rings is 1. The molecule has 4 aliphatic rings. The number of fused-ring (bicyclic) bond motifs is 1. The summed E-state index contributed by atoms with van der Waals surface area (Å²) in [6.07, 6.45) is 8.41. The summed E-state index contributed by atoms with van der Waals surface area (Å²) >= 11 is 1.55. The van der Waals surface area contributed by atoms with Gasteiger partial charge in [0.1, 0.15) is 17.4 Å². The van der Waals surface area contributed by atoms with Gasteiger partial charge in [-0.1, -0.05) is 37.5 Å². The minimum atomic E-state index is -1.15. The molecule has 6 rings (SSSR count). The SMILES string of the molecule is CCOc1ccc(NC(=O)[C@@H]2[C@@H]3C=C[C@]4(O3)[C@@H]2C(=O)N(Cc2cccs2)[C@H]4C(=O)NC2CCCCC2)cc1. The molecule has 3 amide bonds. The third-order valence-electron chi connectivity index (χ3n) is 8.22. The topological polar surface area (TPSA) is 97.0 Å². The smallest absolute Gasteiger partial charge is 0.246 e. The van der Waals surface area contributed by atoms with Crippen LogP contribution < -0.4 is 15.4 Å². The van der Waals surface area contributed by atoms with Gasteiger partial charge in [0.15, 0.2) is 0 Å². The van der Waals surface area contributed by atoms with Gasteiger partial charge in [0.05, 0.1) is 31.1 Å². The largest absolute Gasteiger partial charge is 0.494 e. The van der Waals surface area contributed by atoms with Gasteiger partial charge >= 0.3 is 0 Å². The fourth-order valence-electron chi connectivity index (χ4n) is 6.56. The highest BCUT2D eigenvalue weighted by Crippen LogP contribution is 2.55. The van der Waals surface area contributed by atoms with Crippen molar-refractivity contribution in [3.8, 4) is 5.75 Å². The second-order valence-corrected chi connectivity index (χ2v) is 11.6. The Labute approximate surface area is 226 Å². The third-order valence-corrected chi connectivity index (χ3v) is 9.08.